The summed E-state index contributed by atoms with van der Waals surface area (Å²) < 4.78 is 0. The van der Waals surface area contributed by atoms with Gasteiger partial charge in [0.25, 0.3) is 0 Å². The Bertz CT molecular complexity index is 712. The average Bonchev–Trinajstić information content (AvgIpc) is 2.64. The second-order valence-corrected chi connectivity index (χ2v) is 6.89. The third-order valence-electron chi connectivity index (χ3n) is 4.70. The summed E-state index contributed by atoms with van der Waals surface area (Å²) in [7, 11) is 0. The predicted octanol–water partition coefficient (Wildman–Crippen LogP) is 2.92. The molecule has 0 radical (unpaired) electrons. The minimum absolute atomic E-state index is 0.0219. The van der Waals surface area contributed by atoms with Gasteiger partial charge in [-0.1, -0.05) is 60.1 Å². The zero-order valence-electron chi connectivity index (χ0n) is 14.4. The number of hydrogen-bond donors (Lipinski definition) is 1. The van der Waals surface area contributed by atoms with Crippen LogP contribution in [-0.4, -0.2) is 47.9 Å². The van der Waals surface area contributed by atoms with Gasteiger partial charge in [-0.2, -0.15) is 0 Å². The lowest BCUT2D eigenvalue weighted by atomic mass is 9.96. The summed E-state index contributed by atoms with van der Waals surface area (Å²) in [6.45, 7) is 4.71. The molecule has 1 amide bonds. The van der Waals surface area contributed by atoms with Gasteiger partial charge in [0.2, 0.25) is 5.91 Å². The van der Waals surface area contributed by atoms with Crippen LogP contribution in [0.1, 0.15) is 24.1 Å². The van der Waals surface area contributed by atoms with E-state index in [0.717, 1.165) is 23.7 Å². The van der Waals surface area contributed by atoms with E-state index in [-0.39, 0.29) is 11.9 Å². The first kappa shape index (κ1) is 17.9. The van der Waals surface area contributed by atoms with E-state index < -0.39 is 6.04 Å². The lowest BCUT2D eigenvalue weighted by molar-refractivity contribution is -0.134. The van der Waals surface area contributed by atoms with E-state index in [1.807, 2.05) is 29.2 Å². The van der Waals surface area contributed by atoms with Crippen LogP contribution in [0.4, 0.5) is 0 Å². The molecule has 25 heavy (non-hydrogen) atoms. The average molecular weight is 358 g/mol. The molecule has 3 rings (SSSR count). The lowest BCUT2D eigenvalue weighted by Crippen LogP contribution is -2.53. The Balaban J connectivity index is 1.85. The number of carbonyl (C=O) groups excluding carboxylic acids is 1. The van der Waals surface area contributed by atoms with E-state index in [9.17, 15) is 4.79 Å². The van der Waals surface area contributed by atoms with Crippen LogP contribution in [0.25, 0.3) is 0 Å². The van der Waals surface area contributed by atoms with Gasteiger partial charge in [0.15, 0.2) is 0 Å². The fourth-order valence-electron chi connectivity index (χ4n) is 3.41. The Kier molecular flexibility index (Phi) is 5.74. The molecule has 0 aromatic heterocycles. The molecule has 2 N–H and O–H groups in total. The fourth-order valence-corrected chi connectivity index (χ4v) is 3.65. The smallest absolute Gasteiger partial charge is 0.239 e. The van der Waals surface area contributed by atoms with Crippen molar-refractivity contribution in [3.8, 4) is 0 Å². The normalized spacial score (nSPS) is 18.0. The molecule has 4 nitrogen and oxygen atoms in total. The number of benzene rings is 2. The Labute approximate surface area is 154 Å². The van der Waals surface area contributed by atoms with Crippen molar-refractivity contribution >= 4 is 17.5 Å². The maximum absolute atomic E-state index is 12.1. The highest BCUT2D eigenvalue weighted by molar-refractivity contribution is 6.31. The maximum atomic E-state index is 12.1. The quantitative estimate of drug-likeness (QED) is 0.915. The van der Waals surface area contributed by atoms with Crippen LogP contribution in [0.5, 0.6) is 0 Å². The van der Waals surface area contributed by atoms with E-state index >= 15 is 0 Å². The Hall–Kier alpha value is -1.88. The molecule has 0 saturated carbocycles. The number of nitrogens with two attached hydrogens (primary N) is 1. The van der Waals surface area contributed by atoms with Crippen LogP contribution in [-0.2, 0) is 4.79 Å². The minimum atomic E-state index is -0.444. The molecule has 0 aliphatic carbocycles. The Morgan fingerprint density at radius 1 is 1.00 bits per heavy atom. The molecule has 2 aromatic carbocycles. The molecule has 132 valence electrons. The summed E-state index contributed by atoms with van der Waals surface area (Å²) in [5.41, 5.74) is 8.05. The van der Waals surface area contributed by atoms with Crippen LogP contribution < -0.4 is 5.73 Å². The van der Waals surface area contributed by atoms with E-state index in [4.69, 9.17) is 17.3 Å². The van der Waals surface area contributed by atoms with Crippen LogP contribution in [0.2, 0.25) is 5.02 Å². The second kappa shape index (κ2) is 8.00. The number of halogens is 1. The van der Waals surface area contributed by atoms with Crippen molar-refractivity contribution in [2.24, 2.45) is 5.73 Å². The van der Waals surface area contributed by atoms with Crippen molar-refractivity contribution in [2.45, 2.75) is 19.0 Å². The summed E-state index contributed by atoms with van der Waals surface area (Å²) in [6.07, 6.45) is 0. The Morgan fingerprint density at radius 2 is 1.60 bits per heavy atom. The molecular formula is C20H24ClN3O. The highest BCUT2D eigenvalue weighted by atomic mass is 35.5. The summed E-state index contributed by atoms with van der Waals surface area (Å²) >= 11 is 6.50. The van der Waals surface area contributed by atoms with E-state index in [0.29, 0.717) is 13.1 Å². The van der Waals surface area contributed by atoms with Crippen molar-refractivity contribution < 1.29 is 4.79 Å². The maximum Gasteiger partial charge on any atom is 0.239 e. The summed E-state index contributed by atoms with van der Waals surface area (Å²) in [5, 5.41) is 0.769. The molecule has 2 aromatic rings. The van der Waals surface area contributed by atoms with Gasteiger partial charge in [0, 0.05) is 31.2 Å². The van der Waals surface area contributed by atoms with E-state index in [1.165, 1.54) is 5.56 Å². The molecule has 1 aliphatic heterocycles. The van der Waals surface area contributed by atoms with Crippen molar-refractivity contribution in [3.05, 3.63) is 70.7 Å². The molecular weight excluding hydrogens is 334 g/mol. The molecule has 1 heterocycles. The number of hydrogen-bond acceptors (Lipinski definition) is 3. The van der Waals surface area contributed by atoms with Gasteiger partial charge in [0.1, 0.15) is 0 Å². The van der Waals surface area contributed by atoms with E-state index in [2.05, 4.69) is 35.2 Å². The summed E-state index contributed by atoms with van der Waals surface area (Å²) in [6, 6.07) is 18.0. The van der Waals surface area contributed by atoms with Crippen LogP contribution in [0, 0.1) is 0 Å². The molecule has 1 fully saturated rings. The molecule has 0 bridgehead atoms. The number of amides is 1. The van der Waals surface area contributed by atoms with Gasteiger partial charge in [-0.05, 0) is 24.1 Å². The summed E-state index contributed by atoms with van der Waals surface area (Å²) in [5.74, 6) is 0.0219. The van der Waals surface area contributed by atoms with Crippen LogP contribution >= 0.6 is 11.6 Å². The zero-order chi connectivity index (χ0) is 17.8. The third kappa shape index (κ3) is 4.03. The van der Waals surface area contributed by atoms with Gasteiger partial charge < -0.3 is 10.6 Å². The highest BCUT2D eigenvalue weighted by Gasteiger charge is 2.29. The number of piperazine rings is 1. The molecule has 1 aliphatic rings. The second-order valence-electron chi connectivity index (χ2n) is 6.48. The molecule has 0 spiro atoms. The van der Waals surface area contributed by atoms with Crippen molar-refractivity contribution in [1.82, 2.24) is 9.80 Å². The Morgan fingerprint density at radius 3 is 2.20 bits per heavy atom. The predicted molar refractivity (Wildman–Crippen MR) is 102 cm³/mol. The van der Waals surface area contributed by atoms with Crippen LogP contribution in [0.3, 0.4) is 0 Å². The highest BCUT2D eigenvalue weighted by Crippen LogP contribution is 2.33. The van der Waals surface area contributed by atoms with Gasteiger partial charge in [0.05, 0.1) is 12.1 Å². The molecule has 2 atom stereocenters. The van der Waals surface area contributed by atoms with Gasteiger partial charge >= 0.3 is 0 Å². The zero-order valence-corrected chi connectivity index (χ0v) is 15.2. The first-order valence-corrected chi connectivity index (χ1v) is 9.03. The number of nitrogens with zero attached hydrogens (tertiary/aromatic N) is 2. The van der Waals surface area contributed by atoms with Crippen molar-refractivity contribution in [1.29, 1.82) is 0 Å². The SMILES string of the molecule is C[C@@H](N)C(=O)N1CCN(C(c2ccccc2)c2ccccc2Cl)CC1. The third-order valence-corrected chi connectivity index (χ3v) is 5.04. The van der Waals surface area contributed by atoms with Crippen LogP contribution in [0.15, 0.2) is 54.6 Å². The van der Waals surface area contributed by atoms with Crippen molar-refractivity contribution in [3.63, 3.8) is 0 Å². The number of carbonyl (C=O) groups is 1. The standard InChI is InChI=1S/C20H24ClN3O/c1-15(22)20(25)24-13-11-23(12-14-24)19(16-7-3-2-4-8-16)17-9-5-6-10-18(17)21/h2-10,15,19H,11-14,22H2,1H3/t15-,19?/m1/s1. The molecule has 5 heteroatoms. The largest absolute Gasteiger partial charge is 0.339 e. The topological polar surface area (TPSA) is 49.6 Å². The van der Waals surface area contributed by atoms with Gasteiger partial charge in [-0.25, -0.2) is 0 Å². The first-order chi connectivity index (χ1) is 12.1. The molecule has 1 saturated heterocycles. The first-order valence-electron chi connectivity index (χ1n) is 8.65. The number of rotatable bonds is 4. The van der Waals surface area contributed by atoms with E-state index in [1.54, 1.807) is 6.92 Å². The monoisotopic (exact) mass is 357 g/mol. The minimum Gasteiger partial charge on any atom is -0.339 e. The van der Waals surface area contributed by atoms with Gasteiger partial charge in [-0.15, -0.1) is 0 Å². The summed E-state index contributed by atoms with van der Waals surface area (Å²) in [4.78, 5) is 16.4. The molecule has 1 unspecified atom stereocenters. The lowest BCUT2D eigenvalue weighted by Gasteiger charge is -2.40. The fraction of sp³-hybridized carbons (Fsp3) is 0.350. The van der Waals surface area contributed by atoms with Crippen molar-refractivity contribution in [2.75, 3.05) is 26.2 Å². The van der Waals surface area contributed by atoms with Gasteiger partial charge in [-0.3, -0.25) is 9.69 Å².